The summed E-state index contributed by atoms with van der Waals surface area (Å²) in [6.07, 6.45) is 1.45. The minimum Gasteiger partial charge on any atom is -0.483 e. The van der Waals surface area contributed by atoms with Crippen molar-refractivity contribution in [2.24, 2.45) is 5.10 Å². The Morgan fingerprint density at radius 3 is 2.62 bits per heavy atom. The molecule has 0 saturated carbocycles. The van der Waals surface area contributed by atoms with Gasteiger partial charge in [0.05, 0.1) is 17.0 Å². The average molecular weight is 630 g/mol. The standard InChI is InChI=1S/C26H22BrClN6O6/c1-15-11-18(28)5-9-22(15)39-14-24(35)29-19-6-3-17(4-7-19)16(2)30-31-26(36)23-10-8-20(40-23)12-33-13-21(27)25(32-33)34(37)38/h3-11,13H,12,14H2,1-2H3,(H,29,35)(H,31,36)/b30-16+. The number of nitrogens with one attached hydrogen (secondary N) is 2. The number of ether oxygens (including phenoxy) is 1. The molecular weight excluding hydrogens is 608 g/mol. The number of halogens is 2. The van der Waals surface area contributed by atoms with E-state index in [9.17, 15) is 19.7 Å². The lowest BCUT2D eigenvalue weighted by Gasteiger charge is -2.10. The number of hydrogen-bond acceptors (Lipinski definition) is 8. The number of aromatic nitrogens is 2. The summed E-state index contributed by atoms with van der Waals surface area (Å²) in [6, 6.07) is 15.1. The van der Waals surface area contributed by atoms with Crippen LogP contribution in [-0.4, -0.2) is 38.8 Å². The highest BCUT2D eigenvalue weighted by Crippen LogP contribution is 2.23. The fourth-order valence-corrected chi connectivity index (χ4v) is 4.19. The molecular formula is C26H22BrClN6O6. The van der Waals surface area contributed by atoms with Gasteiger partial charge >= 0.3 is 11.7 Å². The Morgan fingerprint density at radius 2 is 1.95 bits per heavy atom. The summed E-state index contributed by atoms with van der Waals surface area (Å²) in [5.74, 6) is -0.243. The summed E-state index contributed by atoms with van der Waals surface area (Å²) in [5, 5.41) is 22.3. The fourth-order valence-electron chi connectivity index (χ4n) is 3.50. The lowest BCUT2D eigenvalue weighted by Crippen LogP contribution is -2.20. The predicted molar refractivity (Wildman–Crippen MR) is 151 cm³/mol. The molecule has 0 spiro atoms. The summed E-state index contributed by atoms with van der Waals surface area (Å²) < 4.78 is 12.6. The number of hydrazone groups is 1. The first-order chi connectivity index (χ1) is 19.1. The molecule has 2 heterocycles. The van der Waals surface area contributed by atoms with Gasteiger partial charge in [0.2, 0.25) is 0 Å². The number of nitrogens with zero attached hydrogens (tertiary/aromatic N) is 4. The number of anilines is 1. The predicted octanol–water partition coefficient (Wildman–Crippen LogP) is 5.33. The van der Waals surface area contributed by atoms with Gasteiger partial charge in [-0.25, -0.2) is 5.43 Å². The van der Waals surface area contributed by atoms with Crippen molar-refractivity contribution < 1.29 is 23.7 Å². The number of aryl methyl sites for hydroxylation is 1. The van der Waals surface area contributed by atoms with Crippen LogP contribution in [0.25, 0.3) is 0 Å². The molecule has 4 rings (SSSR count). The molecule has 14 heteroatoms. The molecule has 2 aromatic carbocycles. The average Bonchev–Trinajstić information content (AvgIpc) is 3.53. The van der Waals surface area contributed by atoms with Gasteiger partial charge in [-0.2, -0.15) is 9.78 Å². The highest BCUT2D eigenvalue weighted by atomic mass is 79.9. The van der Waals surface area contributed by atoms with E-state index < -0.39 is 10.8 Å². The third-order valence-electron chi connectivity index (χ3n) is 5.48. The minimum absolute atomic E-state index is 0.0151. The smallest absolute Gasteiger partial charge is 0.404 e. The largest absolute Gasteiger partial charge is 0.483 e. The van der Waals surface area contributed by atoms with E-state index >= 15 is 0 Å². The molecule has 0 aliphatic carbocycles. The highest BCUT2D eigenvalue weighted by molar-refractivity contribution is 9.10. The van der Waals surface area contributed by atoms with Gasteiger partial charge in [0.25, 0.3) is 5.91 Å². The molecule has 2 N–H and O–H groups in total. The molecule has 0 fully saturated rings. The molecule has 40 heavy (non-hydrogen) atoms. The number of amides is 2. The topological polar surface area (TPSA) is 154 Å². The van der Waals surface area contributed by atoms with Crippen LogP contribution in [0.1, 0.15) is 34.4 Å². The van der Waals surface area contributed by atoms with Crippen molar-refractivity contribution in [2.45, 2.75) is 20.4 Å². The Morgan fingerprint density at radius 1 is 1.20 bits per heavy atom. The maximum absolute atomic E-state index is 12.5. The molecule has 206 valence electrons. The van der Waals surface area contributed by atoms with Gasteiger partial charge in [0, 0.05) is 10.7 Å². The second-order valence-electron chi connectivity index (χ2n) is 8.48. The zero-order valence-corrected chi connectivity index (χ0v) is 23.5. The zero-order chi connectivity index (χ0) is 28.8. The van der Waals surface area contributed by atoms with E-state index in [-0.39, 0.29) is 35.1 Å². The van der Waals surface area contributed by atoms with Crippen LogP contribution in [0.15, 0.2) is 74.8 Å². The lowest BCUT2D eigenvalue weighted by molar-refractivity contribution is -0.390. The summed E-state index contributed by atoms with van der Waals surface area (Å²) in [5.41, 5.74) is 5.07. The van der Waals surface area contributed by atoms with E-state index in [0.717, 1.165) is 11.1 Å². The summed E-state index contributed by atoms with van der Waals surface area (Å²) >= 11 is 9.02. The maximum atomic E-state index is 12.5. The third kappa shape index (κ3) is 7.33. The van der Waals surface area contributed by atoms with Crippen molar-refractivity contribution in [3.05, 3.63) is 103 Å². The molecule has 2 amide bonds. The van der Waals surface area contributed by atoms with Crippen molar-refractivity contribution in [1.82, 2.24) is 15.2 Å². The van der Waals surface area contributed by atoms with E-state index in [0.29, 0.717) is 27.9 Å². The molecule has 0 saturated heterocycles. The van der Waals surface area contributed by atoms with Crippen molar-refractivity contribution in [2.75, 3.05) is 11.9 Å². The molecule has 2 aromatic heterocycles. The number of benzene rings is 2. The van der Waals surface area contributed by atoms with Gasteiger partial charge < -0.3 is 24.6 Å². The second-order valence-corrected chi connectivity index (χ2v) is 9.77. The normalized spacial score (nSPS) is 11.2. The lowest BCUT2D eigenvalue weighted by atomic mass is 10.1. The van der Waals surface area contributed by atoms with E-state index in [1.807, 2.05) is 6.92 Å². The fraction of sp³-hybridized carbons (Fsp3) is 0.154. The molecule has 0 aliphatic rings. The first-order valence-corrected chi connectivity index (χ1v) is 12.9. The van der Waals surface area contributed by atoms with Crippen molar-refractivity contribution in [3.63, 3.8) is 0 Å². The van der Waals surface area contributed by atoms with Crippen LogP contribution in [0.2, 0.25) is 5.02 Å². The summed E-state index contributed by atoms with van der Waals surface area (Å²) in [4.78, 5) is 35.1. The van der Waals surface area contributed by atoms with Crippen molar-refractivity contribution in [1.29, 1.82) is 0 Å². The SMILES string of the molecule is C/C(=N\NC(=O)c1ccc(Cn2cc(Br)c([N+](=O)[O-])n2)o1)c1ccc(NC(=O)COc2ccc(Cl)cc2C)cc1. The van der Waals surface area contributed by atoms with Gasteiger partial charge in [0.1, 0.15) is 22.5 Å². The molecule has 0 unspecified atom stereocenters. The minimum atomic E-state index is -0.606. The van der Waals surface area contributed by atoms with Crippen LogP contribution >= 0.6 is 27.5 Å². The Bertz CT molecular complexity index is 1600. The van der Waals surface area contributed by atoms with Gasteiger partial charge in [-0.1, -0.05) is 23.7 Å². The van der Waals surface area contributed by atoms with Crippen molar-refractivity contribution in [3.8, 4) is 5.75 Å². The van der Waals surface area contributed by atoms with E-state index in [2.05, 4.69) is 36.9 Å². The van der Waals surface area contributed by atoms with Gasteiger partial charge in [-0.3, -0.25) is 9.59 Å². The van der Waals surface area contributed by atoms with Gasteiger partial charge in [0.15, 0.2) is 12.4 Å². The van der Waals surface area contributed by atoms with Crippen LogP contribution in [0, 0.1) is 17.0 Å². The van der Waals surface area contributed by atoms with E-state index in [1.54, 1.807) is 55.5 Å². The first kappa shape index (κ1) is 28.5. The number of carbonyl (C=O) groups is 2. The van der Waals surface area contributed by atoms with Crippen LogP contribution in [0.3, 0.4) is 0 Å². The number of furan rings is 1. The Labute approximate surface area is 241 Å². The monoisotopic (exact) mass is 628 g/mol. The quantitative estimate of drug-likeness (QED) is 0.137. The molecule has 0 aliphatic heterocycles. The molecule has 0 atom stereocenters. The van der Waals surface area contributed by atoms with Crippen molar-refractivity contribution >= 4 is 56.6 Å². The molecule has 0 radical (unpaired) electrons. The zero-order valence-electron chi connectivity index (χ0n) is 21.2. The second kappa shape index (κ2) is 12.6. The van der Waals surface area contributed by atoms with E-state index in [4.69, 9.17) is 20.8 Å². The molecule has 12 nitrogen and oxygen atoms in total. The van der Waals surface area contributed by atoms with Crippen LogP contribution in [0.4, 0.5) is 11.5 Å². The molecule has 0 bridgehead atoms. The van der Waals surface area contributed by atoms with Gasteiger partial charge in [-0.15, -0.1) is 0 Å². The molecule has 4 aromatic rings. The highest BCUT2D eigenvalue weighted by Gasteiger charge is 2.20. The Hall–Kier alpha value is -4.49. The van der Waals surface area contributed by atoms with E-state index in [1.165, 1.54) is 16.9 Å². The third-order valence-corrected chi connectivity index (χ3v) is 6.28. The van der Waals surface area contributed by atoms with Crippen LogP contribution < -0.4 is 15.5 Å². The number of nitro groups is 1. The van der Waals surface area contributed by atoms with Gasteiger partial charge in [-0.05, 0) is 88.3 Å². The number of carbonyl (C=O) groups excluding carboxylic acids is 2. The maximum Gasteiger partial charge on any atom is 0.404 e. The van der Waals surface area contributed by atoms with Crippen LogP contribution in [0.5, 0.6) is 5.75 Å². The Balaban J connectivity index is 1.28. The van der Waals surface area contributed by atoms with Crippen LogP contribution in [-0.2, 0) is 11.3 Å². The number of rotatable bonds is 10. The summed E-state index contributed by atoms with van der Waals surface area (Å²) in [7, 11) is 0. The first-order valence-electron chi connectivity index (χ1n) is 11.7. The Kier molecular flexibility index (Phi) is 8.97. The summed E-state index contributed by atoms with van der Waals surface area (Å²) in [6.45, 7) is 3.49. The number of hydrogen-bond donors (Lipinski definition) is 2.